The van der Waals surface area contributed by atoms with Crippen LogP contribution in [0.15, 0.2) is 24.3 Å². The molecule has 0 amide bonds. The van der Waals surface area contributed by atoms with Gasteiger partial charge in [0.05, 0.1) is 12.2 Å². The van der Waals surface area contributed by atoms with E-state index in [9.17, 15) is 8.42 Å². The van der Waals surface area contributed by atoms with Gasteiger partial charge >= 0.3 is 0 Å². The van der Waals surface area contributed by atoms with E-state index in [2.05, 4.69) is 45.7 Å². The quantitative estimate of drug-likeness (QED) is 0.724. The lowest BCUT2D eigenvalue weighted by Crippen LogP contribution is -2.53. The Kier molecular flexibility index (Phi) is 7.56. The van der Waals surface area contributed by atoms with Gasteiger partial charge in [-0.25, -0.2) is 0 Å². The van der Waals surface area contributed by atoms with Crippen molar-refractivity contribution in [2.24, 2.45) is 0 Å². The lowest BCUT2D eigenvalue weighted by molar-refractivity contribution is -0.0444. The summed E-state index contributed by atoms with van der Waals surface area (Å²) < 4.78 is 35.4. The number of anilines is 1. The van der Waals surface area contributed by atoms with Crippen molar-refractivity contribution in [1.82, 2.24) is 13.9 Å². The maximum Gasteiger partial charge on any atom is 0.279 e. The van der Waals surface area contributed by atoms with E-state index in [1.54, 1.807) is 0 Å². The fourth-order valence-electron chi connectivity index (χ4n) is 4.15. The normalized spacial score (nSPS) is 25.9. The predicted octanol–water partition coefficient (Wildman–Crippen LogP) is 1.84. The Morgan fingerprint density at radius 1 is 1.14 bits per heavy atom. The molecule has 1 aromatic rings. The van der Waals surface area contributed by atoms with Gasteiger partial charge in [-0.1, -0.05) is 12.1 Å². The average molecular weight is 425 g/mol. The van der Waals surface area contributed by atoms with E-state index in [-0.39, 0.29) is 18.2 Å². The number of ether oxygens (including phenoxy) is 1. The summed E-state index contributed by atoms with van der Waals surface area (Å²) >= 11 is 0. The van der Waals surface area contributed by atoms with Crippen molar-refractivity contribution in [3.8, 4) is 0 Å². The first kappa shape index (κ1) is 22.5. The highest BCUT2D eigenvalue weighted by atomic mass is 32.2. The highest BCUT2D eigenvalue weighted by Crippen LogP contribution is 2.18. The number of piperazine rings is 1. The summed E-state index contributed by atoms with van der Waals surface area (Å²) in [6.45, 7) is 13.7. The average Bonchev–Trinajstić information content (AvgIpc) is 2.66. The summed E-state index contributed by atoms with van der Waals surface area (Å²) in [6, 6.07) is 8.55. The van der Waals surface area contributed by atoms with Crippen LogP contribution < -0.4 is 9.62 Å². The first-order valence-electron chi connectivity index (χ1n) is 10.7. The molecule has 3 unspecified atom stereocenters. The monoisotopic (exact) mass is 424 g/mol. The Morgan fingerprint density at radius 2 is 1.79 bits per heavy atom. The zero-order valence-corrected chi connectivity index (χ0v) is 19.0. The van der Waals surface area contributed by atoms with Crippen LogP contribution in [0.3, 0.4) is 0 Å². The van der Waals surface area contributed by atoms with E-state index in [1.165, 1.54) is 15.6 Å². The molecule has 2 aliphatic rings. The number of hydrogen-bond acceptors (Lipinski definition) is 5. The molecule has 0 bridgehead atoms. The van der Waals surface area contributed by atoms with Crippen molar-refractivity contribution >= 4 is 15.9 Å². The number of morpholine rings is 1. The third kappa shape index (κ3) is 6.39. The van der Waals surface area contributed by atoms with Gasteiger partial charge in [0, 0.05) is 51.0 Å². The van der Waals surface area contributed by atoms with Gasteiger partial charge in [0.1, 0.15) is 0 Å². The predicted molar refractivity (Wildman–Crippen MR) is 118 cm³/mol. The molecule has 0 aliphatic carbocycles. The molecule has 29 heavy (non-hydrogen) atoms. The Bertz CT molecular complexity index is 755. The lowest BCUT2D eigenvalue weighted by atomic mass is 10.2. The third-order valence-electron chi connectivity index (χ3n) is 5.69. The van der Waals surface area contributed by atoms with Crippen molar-refractivity contribution in [1.29, 1.82) is 0 Å². The molecule has 7 nitrogen and oxygen atoms in total. The van der Waals surface area contributed by atoms with E-state index >= 15 is 0 Å². The van der Waals surface area contributed by atoms with Crippen molar-refractivity contribution in [2.75, 3.05) is 50.7 Å². The summed E-state index contributed by atoms with van der Waals surface area (Å²) in [4.78, 5) is 4.85. The molecule has 0 saturated carbocycles. The van der Waals surface area contributed by atoms with Crippen molar-refractivity contribution in [3.63, 3.8) is 0 Å². The van der Waals surface area contributed by atoms with E-state index in [4.69, 9.17) is 4.74 Å². The maximum atomic E-state index is 12.7. The minimum atomic E-state index is -3.47. The molecule has 8 heteroatoms. The molecule has 2 heterocycles. The smallest absolute Gasteiger partial charge is 0.279 e. The standard InChI is InChI=1S/C21H36N4O3S/c1-17-6-5-7-21(14-17)24-12-10-23(11-13-24)9-8-18(2)22-29(26,27)25-15-19(3)28-20(4)16-25/h5-7,14,18-20,22H,8-13,15-16H2,1-4H3. The molecule has 3 atom stereocenters. The topological polar surface area (TPSA) is 65.1 Å². The Balaban J connectivity index is 1.42. The van der Waals surface area contributed by atoms with Gasteiger partial charge in [0.25, 0.3) is 10.2 Å². The molecule has 164 valence electrons. The van der Waals surface area contributed by atoms with E-state index in [0.29, 0.717) is 13.1 Å². The van der Waals surface area contributed by atoms with E-state index < -0.39 is 10.2 Å². The highest BCUT2D eigenvalue weighted by Gasteiger charge is 2.31. The van der Waals surface area contributed by atoms with Gasteiger partial charge in [0.15, 0.2) is 0 Å². The third-order valence-corrected chi connectivity index (χ3v) is 7.37. The van der Waals surface area contributed by atoms with Crippen LogP contribution >= 0.6 is 0 Å². The van der Waals surface area contributed by atoms with E-state index in [0.717, 1.165) is 39.1 Å². The van der Waals surface area contributed by atoms with Gasteiger partial charge in [-0.2, -0.15) is 17.4 Å². The second-order valence-electron chi connectivity index (χ2n) is 8.55. The van der Waals surface area contributed by atoms with Crippen LogP contribution in [0.25, 0.3) is 0 Å². The fraction of sp³-hybridized carbons (Fsp3) is 0.714. The number of nitrogens with zero attached hydrogens (tertiary/aromatic N) is 3. The van der Waals surface area contributed by atoms with Crippen molar-refractivity contribution in [3.05, 3.63) is 29.8 Å². The van der Waals surface area contributed by atoms with Gasteiger partial charge < -0.3 is 9.64 Å². The van der Waals surface area contributed by atoms with Crippen LogP contribution in [0.4, 0.5) is 5.69 Å². The van der Waals surface area contributed by atoms with Crippen LogP contribution in [0.5, 0.6) is 0 Å². The van der Waals surface area contributed by atoms with Gasteiger partial charge in [-0.05, 0) is 58.4 Å². The molecule has 0 aromatic heterocycles. The Hall–Kier alpha value is -1.19. The first-order chi connectivity index (χ1) is 13.7. The Labute approximate surface area is 176 Å². The lowest BCUT2D eigenvalue weighted by Gasteiger charge is -2.37. The molecule has 2 aliphatic heterocycles. The minimum absolute atomic E-state index is 0.0738. The van der Waals surface area contributed by atoms with Gasteiger partial charge in [0.2, 0.25) is 0 Å². The molecule has 1 aromatic carbocycles. The number of rotatable bonds is 7. The highest BCUT2D eigenvalue weighted by molar-refractivity contribution is 7.87. The second-order valence-corrected chi connectivity index (χ2v) is 10.3. The molecule has 1 N–H and O–H groups in total. The molecular weight excluding hydrogens is 388 g/mol. The fourth-order valence-corrected chi connectivity index (χ4v) is 5.73. The zero-order chi connectivity index (χ0) is 21.0. The summed E-state index contributed by atoms with van der Waals surface area (Å²) in [7, 11) is -3.47. The number of benzene rings is 1. The zero-order valence-electron chi connectivity index (χ0n) is 18.2. The Morgan fingerprint density at radius 3 is 2.41 bits per heavy atom. The number of aryl methyl sites for hydroxylation is 1. The minimum Gasteiger partial charge on any atom is -0.373 e. The molecule has 2 fully saturated rings. The summed E-state index contributed by atoms with van der Waals surface area (Å²) in [5.41, 5.74) is 2.58. The van der Waals surface area contributed by atoms with Crippen LogP contribution in [0.1, 0.15) is 32.8 Å². The van der Waals surface area contributed by atoms with Crippen LogP contribution in [0, 0.1) is 6.92 Å². The number of hydrogen-bond donors (Lipinski definition) is 1. The van der Waals surface area contributed by atoms with Crippen LogP contribution in [0.2, 0.25) is 0 Å². The number of nitrogens with one attached hydrogen (secondary N) is 1. The van der Waals surface area contributed by atoms with Crippen LogP contribution in [-0.2, 0) is 14.9 Å². The van der Waals surface area contributed by atoms with Gasteiger partial charge in [-0.3, -0.25) is 4.90 Å². The SMILES string of the molecule is Cc1cccc(N2CCN(CCC(C)NS(=O)(=O)N3CC(C)OC(C)C3)CC2)c1. The summed E-state index contributed by atoms with van der Waals surface area (Å²) in [6.07, 6.45) is 0.657. The largest absolute Gasteiger partial charge is 0.373 e. The summed E-state index contributed by atoms with van der Waals surface area (Å²) in [5, 5.41) is 0. The molecule has 2 saturated heterocycles. The molecular formula is C21H36N4O3S. The molecule has 0 spiro atoms. The van der Waals surface area contributed by atoms with Crippen LogP contribution in [-0.4, -0.2) is 81.7 Å². The maximum absolute atomic E-state index is 12.7. The molecule has 3 rings (SSSR count). The second kappa shape index (κ2) is 9.75. The van der Waals surface area contributed by atoms with E-state index in [1.807, 2.05) is 20.8 Å². The summed E-state index contributed by atoms with van der Waals surface area (Å²) in [5.74, 6) is 0. The van der Waals surface area contributed by atoms with Crippen molar-refractivity contribution < 1.29 is 13.2 Å². The van der Waals surface area contributed by atoms with Crippen molar-refractivity contribution in [2.45, 2.75) is 52.4 Å². The first-order valence-corrected chi connectivity index (χ1v) is 12.1. The van der Waals surface area contributed by atoms with Gasteiger partial charge in [-0.15, -0.1) is 0 Å². The molecule has 0 radical (unpaired) electrons.